The number of carbonyl (C=O) groups is 2. The van der Waals surface area contributed by atoms with E-state index in [2.05, 4.69) is 37.5 Å². The Kier molecular flexibility index (Phi) is 10.7. The van der Waals surface area contributed by atoms with Gasteiger partial charge in [0.2, 0.25) is 5.95 Å². The standard InChI is InChI=1S/C35H40ClN7O5/c1-21(38-29-19-23(10-11-27(29)36)31(45)40-28(14-17-44)22-8-6-5-7-9-22)26-18-24-20-37-33(42-30(24)41-32(26)46)43-15-12-25(13-16-43)39-34(47)48-35(2,3)4/h5-11,18-20,25,28,38,44H,1,12-17H2,2-4H3,(H,39,47)(H,40,45)(H,37,41,42,46). The molecule has 13 heteroatoms. The van der Waals surface area contributed by atoms with Crippen molar-refractivity contribution >= 4 is 52.0 Å². The molecule has 48 heavy (non-hydrogen) atoms. The predicted molar refractivity (Wildman–Crippen MR) is 187 cm³/mol. The number of aliphatic hydroxyl groups excluding tert-OH is 1. The van der Waals surface area contributed by atoms with Crippen LogP contribution in [0.4, 0.5) is 16.4 Å². The first-order valence-electron chi connectivity index (χ1n) is 15.8. The third-order valence-electron chi connectivity index (χ3n) is 7.84. The van der Waals surface area contributed by atoms with E-state index >= 15 is 0 Å². The van der Waals surface area contributed by atoms with Gasteiger partial charge in [-0.05, 0) is 69.9 Å². The zero-order valence-corrected chi connectivity index (χ0v) is 27.9. The van der Waals surface area contributed by atoms with Crippen LogP contribution in [-0.4, -0.2) is 63.4 Å². The summed E-state index contributed by atoms with van der Waals surface area (Å²) >= 11 is 6.46. The lowest BCUT2D eigenvalue weighted by molar-refractivity contribution is 0.0497. The highest BCUT2D eigenvalue weighted by atomic mass is 35.5. The van der Waals surface area contributed by atoms with Crippen LogP contribution in [0, 0.1) is 0 Å². The van der Waals surface area contributed by atoms with Gasteiger partial charge >= 0.3 is 6.09 Å². The molecule has 2 aromatic carbocycles. The van der Waals surface area contributed by atoms with Crippen molar-refractivity contribution in [2.75, 3.05) is 29.9 Å². The highest BCUT2D eigenvalue weighted by molar-refractivity contribution is 6.33. The maximum Gasteiger partial charge on any atom is 0.407 e. The minimum absolute atomic E-state index is 0.0153. The maximum absolute atomic E-state index is 13.2. The van der Waals surface area contributed by atoms with Gasteiger partial charge in [0.25, 0.3) is 11.5 Å². The molecule has 0 radical (unpaired) electrons. The van der Waals surface area contributed by atoms with E-state index in [1.54, 1.807) is 30.5 Å². The summed E-state index contributed by atoms with van der Waals surface area (Å²) in [6.45, 7) is 10.7. The molecule has 5 N–H and O–H groups in total. The summed E-state index contributed by atoms with van der Waals surface area (Å²) in [5.74, 6) is 0.136. The average Bonchev–Trinajstić information content (AvgIpc) is 3.04. The Balaban J connectivity index is 1.25. The van der Waals surface area contributed by atoms with Gasteiger partial charge in [-0.3, -0.25) is 9.59 Å². The fourth-order valence-electron chi connectivity index (χ4n) is 5.43. The lowest BCUT2D eigenvalue weighted by Gasteiger charge is -2.32. The van der Waals surface area contributed by atoms with E-state index in [1.165, 1.54) is 0 Å². The lowest BCUT2D eigenvalue weighted by Crippen LogP contribution is -2.46. The number of H-pyrrole nitrogens is 1. The van der Waals surface area contributed by atoms with E-state index in [0.717, 1.165) is 5.56 Å². The van der Waals surface area contributed by atoms with Crippen molar-refractivity contribution in [3.8, 4) is 0 Å². The summed E-state index contributed by atoms with van der Waals surface area (Å²) in [6.07, 6.45) is 2.96. The number of ether oxygens (including phenoxy) is 1. The molecule has 12 nitrogen and oxygen atoms in total. The summed E-state index contributed by atoms with van der Waals surface area (Å²) in [4.78, 5) is 52.5. The number of anilines is 2. The number of hydrogen-bond donors (Lipinski definition) is 5. The van der Waals surface area contributed by atoms with Crippen LogP contribution in [0.1, 0.15) is 67.6 Å². The second-order valence-corrected chi connectivity index (χ2v) is 13.0. The number of aliphatic hydroxyl groups is 1. The molecule has 2 amide bonds. The molecule has 0 saturated carbocycles. The largest absolute Gasteiger partial charge is 0.444 e. The van der Waals surface area contributed by atoms with Crippen molar-refractivity contribution in [2.24, 2.45) is 0 Å². The number of carbonyl (C=O) groups excluding carboxylic acids is 2. The van der Waals surface area contributed by atoms with Crippen molar-refractivity contribution in [1.82, 2.24) is 25.6 Å². The van der Waals surface area contributed by atoms with Crippen molar-refractivity contribution in [3.05, 3.63) is 99.4 Å². The summed E-state index contributed by atoms with van der Waals surface area (Å²) < 4.78 is 5.36. The summed E-state index contributed by atoms with van der Waals surface area (Å²) in [7, 11) is 0. The van der Waals surface area contributed by atoms with Crippen LogP contribution in [0.3, 0.4) is 0 Å². The van der Waals surface area contributed by atoms with E-state index in [4.69, 9.17) is 16.3 Å². The van der Waals surface area contributed by atoms with Gasteiger partial charge in [0, 0.05) is 48.6 Å². The van der Waals surface area contributed by atoms with Gasteiger partial charge in [0.05, 0.1) is 22.3 Å². The second-order valence-electron chi connectivity index (χ2n) is 12.6. The lowest BCUT2D eigenvalue weighted by atomic mass is 10.0. The van der Waals surface area contributed by atoms with Crippen LogP contribution < -0.4 is 26.4 Å². The Morgan fingerprint density at radius 2 is 1.88 bits per heavy atom. The third-order valence-corrected chi connectivity index (χ3v) is 8.17. The molecule has 1 aliphatic rings. The number of hydrogen-bond acceptors (Lipinski definition) is 9. The molecule has 1 fully saturated rings. The SMILES string of the molecule is C=C(Nc1cc(C(=O)NC(CCO)c2ccccc2)ccc1Cl)c1cc2cnc(N3CCC(NC(=O)OC(C)(C)C)CC3)nc2[nH]c1=O. The fraction of sp³-hybridized carbons (Fsp3) is 0.343. The minimum Gasteiger partial charge on any atom is -0.444 e. The van der Waals surface area contributed by atoms with Crippen LogP contribution in [0.25, 0.3) is 16.7 Å². The van der Waals surface area contributed by atoms with Crippen molar-refractivity contribution < 1.29 is 19.4 Å². The molecule has 3 heterocycles. The topological polar surface area (TPSA) is 162 Å². The first-order chi connectivity index (χ1) is 22.9. The van der Waals surface area contributed by atoms with E-state index in [0.29, 0.717) is 65.6 Å². The number of fused-ring (bicyclic) bond motifs is 1. The van der Waals surface area contributed by atoms with E-state index in [1.807, 2.05) is 56.0 Å². The Labute approximate surface area is 283 Å². The quantitative estimate of drug-likeness (QED) is 0.148. The number of amides is 2. The zero-order valence-electron chi connectivity index (χ0n) is 27.2. The molecule has 2 aromatic heterocycles. The molecule has 0 aliphatic carbocycles. The molecule has 5 rings (SSSR count). The maximum atomic E-state index is 13.2. The number of halogens is 1. The van der Waals surface area contributed by atoms with E-state index < -0.39 is 17.3 Å². The number of pyridine rings is 1. The summed E-state index contributed by atoms with van der Waals surface area (Å²) in [5, 5.41) is 19.5. The average molecular weight is 674 g/mol. The smallest absolute Gasteiger partial charge is 0.407 e. The monoisotopic (exact) mass is 673 g/mol. The van der Waals surface area contributed by atoms with Crippen LogP contribution >= 0.6 is 11.6 Å². The molecule has 1 saturated heterocycles. The van der Waals surface area contributed by atoms with Gasteiger partial charge in [-0.2, -0.15) is 4.98 Å². The Morgan fingerprint density at radius 3 is 2.56 bits per heavy atom. The number of alkyl carbamates (subject to hydrolysis) is 1. The van der Waals surface area contributed by atoms with Gasteiger partial charge < -0.3 is 35.7 Å². The second kappa shape index (κ2) is 14.9. The number of nitrogens with zero attached hydrogens (tertiary/aromatic N) is 3. The first-order valence-corrected chi connectivity index (χ1v) is 16.1. The molecule has 1 atom stereocenters. The van der Waals surface area contributed by atoms with Gasteiger partial charge in [0.1, 0.15) is 11.2 Å². The summed E-state index contributed by atoms with van der Waals surface area (Å²) in [5.41, 5.74) is 1.54. The first kappa shape index (κ1) is 34.4. The molecular formula is C35H40ClN7O5. The van der Waals surface area contributed by atoms with Crippen LogP contribution in [0.5, 0.6) is 0 Å². The normalized spacial score (nSPS) is 14.3. The van der Waals surface area contributed by atoms with Gasteiger partial charge in [-0.1, -0.05) is 48.5 Å². The van der Waals surface area contributed by atoms with Crippen molar-refractivity contribution in [3.63, 3.8) is 0 Å². The van der Waals surface area contributed by atoms with Crippen molar-refractivity contribution in [1.29, 1.82) is 0 Å². The Morgan fingerprint density at radius 1 is 1.15 bits per heavy atom. The molecule has 4 aromatic rings. The van der Waals surface area contributed by atoms with E-state index in [-0.39, 0.29) is 35.9 Å². The molecule has 1 aliphatic heterocycles. The highest BCUT2D eigenvalue weighted by Gasteiger charge is 2.25. The van der Waals surface area contributed by atoms with Crippen LogP contribution in [0.15, 0.2) is 72.2 Å². The molecule has 0 spiro atoms. The minimum atomic E-state index is -0.562. The molecule has 0 bridgehead atoms. The number of aromatic amines is 1. The number of piperidine rings is 1. The van der Waals surface area contributed by atoms with Crippen molar-refractivity contribution in [2.45, 2.75) is 57.7 Å². The Hall–Kier alpha value is -4.94. The van der Waals surface area contributed by atoms with Gasteiger partial charge in [-0.25, -0.2) is 9.78 Å². The third kappa shape index (κ3) is 8.69. The van der Waals surface area contributed by atoms with Crippen LogP contribution in [0.2, 0.25) is 5.02 Å². The number of rotatable bonds is 10. The summed E-state index contributed by atoms with van der Waals surface area (Å²) in [6, 6.07) is 15.4. The van der Waals surface area contributed by atoms with E-state index in [9.17, 15) is 19.5 Å². The molecule has 252 valence electrons. The number of benzene rings is 2. The predicted octanol–water partition coefficient (Wildman–Crippen LogP) is 5.40. The van der Waals surface area contributed by atoms with Gasteiger partial charge in [0.15, 0.2) is 0 Å². The molecular weight excluding hydrogens is 634 g/mol. The molecule has 1 unspecified atom stereocenters. The highest BCUT2D eigenvalue weighted by Crippen LogP contribution is 2.28. The van der Waals surface area contributed by atoms with Crippen LogP contribution in [-0.2, 0) is 4.74 Å². The Bertz CT molecular complexity index is 1850. The van der Waals surface area contributed by atoms with Gasteiger partial charge in [-0.15, -0.1) is 0 Å². The number of nitrogens with one attached hydrogen (secondary N) is 4. The zero-order chi connectivity index (χ0) is 34.4. The number of aromatic nitrogens is 3. The fourth-order valence-corrected chi connectivity index (χ4v) is 5.59.